The fraction of sp³-hybridized carbons (Fsp3) is 0.421. The topological polar surface area (TPSA) is 71.5 Å². The SMILES string of the molecule is CCOC(=O)C[C@@H]1NC(=O)c2c3c(nc4ccccc24)CCN(C)[C@@H]31. The second kappa shape index (κ2) is 6.11. The Bertz CT molecular complexity index is 864. The molecule has 3 heterocycles. The fourth-order valence-corrected chi connectivity index (χ4v) is 4.06. The number of para-hydroxylation sites is 1. The summed E-state index contributed by atoms with van der Waals surface area (Å²) in [5.74, 6) is -0.416. The molecule has 0 spiro atoms. The van der Waals surface area contributed by atoms with Crippen molar-refractivity contribution in [3.8, 4) is 0 Å². The van der Waals surface area contributed by atoms with Crippen molar-refractivity contribution in [2.45, 2.75) is 31.8 Å². The molecule has 1 N–H and O–H groups in total. The lowest BCUT2D eigenvalue weighted by molar-refractivity contribution is -0.144. The normalized spacial score (nSPS) is 22.4. The number of nitrogens with one attached hydrogen (secondary N) is 1. The van der Waals surface area contributed by atoms with Crippen LogP contribution < -0.4 is 5.32 Å². The summed E-state index contributed by atoms with van der Waals surface area (Å²) in [4.78, 5) is 31.9. The standard InChI is InChI=1S/C19H21N3O3/c1-3-25-15(23)10-14-18-17-13(8-9-22(18)2)20-12-7-5-4-6-11(12)16(17)19(24)21-14/h4-7,14,18H,3,8-10H2,1-2H3,(H,21,24)/t14-,18+/m0/s1. The number of esters is 1. The van der Waals surface area contributed by atoms with Crippen LogP contribution >= 0.6 is 0 Å². The predicted octanol–water partition coefficient (Wildman–Crippen LogP) is 1.83. The van der Waals surface area contributed by atoms with Gasteiger partial charge < -0.3 is 10.1 Å². The maximum Gasteiger partial charge on any atom is 0.307 e. The maximum atomic E-state index is 12.9. The molecule has 0 saturated carbocycles. The molecule has 4 rings (SSSR count). The third-order valence-electron chi connectivity index (χ3n) is 5.10. The largest absolute Gasteiger partial charge is 0.466 e. The molecule has 0 aliphatic carbocycles. The number of nitrogens with zero attached hydrogens (tertiary/aromatic N) is 2. The van der Waals surface area contributed by atoms with Crippen LogP contribution in [0.5, 0.6) is 0 Å². The number of pyridine rings is 1. The van der Waals surface area contributed by atoms with E-state index in [1.165, 1.54) is 0 Å². The quantitative estimate of drug-likeness (QED) is 0.864. The molecule has 6 heteroatoms. The highest BCUT2D eigenvalue weighted by Gasteiger charge is 2.42. The number of fused-ring (bicyclic) bond motifs is 2. The van der Waals surface area contributed by atoms with Crippen molar-refractivity contribution in [2.75, 3.05) is 20.2 Å². The van der Waals surface area contributed by atoms with Crippen molar-refractivity contribution in [1.82, 2.24) is 15.2 Å². The number of hydrogen-bond acceptors (Lipinski definition) is 5. The molecule has 1 aromatic heterocycles. The van der Waals surface area contributed by atoms with E-state index in [9.17, 15) is 9.59 Å². The average Bonchev–Trinajstić information content (AvgIpc) is 2.59. The highest BCUT2D eigenvalue weighted by Crippen LogP contribution is 2.40. The third-order valence-corrected chi connectivity index (χ3v) is 5.10. The van der Waals surface area contributed by atoms with Crippen molar-refractivity contribution >= 4 is 22.8 Å². The summed E-state index contributed by atoms with van der Waals surface area (Å²) in [5, 5.41) is 3.91. The van der Waals surface area contributed by atoms with Gasteiger partial charge >= 0.3 is 5.97 Å². The molecular formula is C19H21N3O3. The number of carbonyl (C=O) groups is 2. The van der Waals surface area contributed by atoms with Gasteiger partial charge in [0.25, 0.3) is 5.91 Å². The van der Waals surface area contributed by atoms with Crippen LogP contribution in [-0.2, 0) is 16.0 Å². The van der Waals surface area contributed by atoms with E-state index in [2.05, 4.69) is 10.2 Å². The van der Waals surface area contributed by atoms with E-state index in [0.29, 0.717) is 12.2 Å². The molecule has 2 aromatic rings. The summed E-state index contributed by atoms with van der Waals surface area (Å²) in [6.45, 7) is 2.97. The van der Waals surface area contributed by atoms with Gasteiger partial charge in [0.1, 0.15) is 0 Å². The molecule has 0 unspecified atom stereocenters. The monoisotopic (exact) mass is 339 g/mol. The Kier molecular flexibility index (Phi) is 3.92. The number of benzene rings is 1. The van der Waals surface area contributed by atoms with Gasteiger partial charge in [0, 0.05) is 29.6 Å². The van der Waals surface area contributed by atoms with E-state index in [1.807, 2.05) is 31.3 Å². The van der Waals surface area contributed by atoms with Crippen LogP contribution in [0.3, 0.4) is 0 Å². The van der Waals surface area contributed by atoms with Crippen molar-refractivity contribution < 1.29 is 14.3 Å². The smallest absolute Gasteiger partial charge is 0.307 e. The van der Waals surface area contributed by atoms with Crippen molar-refractivity contribution in [3.05, 3.63) is 41.1 Å². The first kappa shape index (κ1) is 16.0. The number of amides is 1. The van der Waals surface area contributed by atoms with Crippen LogP contribution in [0.25, 0.3) is 10.9 Å². The number of hydrogen-bond donors (Lipinski definition) is 1. The van der Waals surface area contributed by atoms with Gasteiger partial charge in [-0.25, -0.2) is 0 Å². The second-order valence-electron chi connectivity index (χ2n) is 6.63. The van der Waals surface area contributed by atoms with Gasteiger partial charge in [-0.3, -0.25) is 19.5 Å². The lowest BCUT2D eigenvalue weighted by Crippen LogP contribution is -2.53. The van der Waals surface area contributed by atoms with Gasteiger partial charge in [0.05, 0.1) is 36.2 Å². The minimum Gasteiger partial charge on any atom is -0.466 e. The highest BCUT2D eigenvalue weighted by atomic mass is 16.5. The van der Waals surface area contributed by atoms with Gasteiger partial charge in [-0.1, -0.05) is 18.2 Å². The van der Waals surface area contributed by atoms with Gasteiger partial charge in [-0.05, 0) is 20.0 Å². The highest BCUT2D eigenvalue weighted by molar-refractivity contribution is 6.09. The molecule has 25 heavy (non-hydrogen) atoms. The molecule has 130 valence electrons. The van der Waals surface area contributed by atoms with E-state index >= 15 is 0 Å². The summed E-state index contributed by atoms with van der Waals surface area (Å²) in [6.07, 6.45) is 0.972. The van der Waals surface area contributed by atoms with E-state index < -0.39 is 0 Å². The van der Waals surface area contributed by atoms with Gasteiger partial charge in [-0.2, -0.15) is 0 Å². The fourth-order valence-electron chi connectivity index (χ4n) is 4.06. The summed E-state index contributed by atoms with van der Waals surface area (Å²) >= 11 is 0. The molecular weight excluding hydrogens is 318 g/mol. The van der Waals surface area contributed by atoms with Crippen LogP contribution in [-0.4, -0.2) is 48.0 Å². The molecule has 6 nitrogen and oxygen atoms in total. The Balaban J connectivity index is 1.86. The molecule has 2 atom stereocenters. The zero-order valence-electron chi connectivity index (χ0n) is 14.4. The predicted molar refractivity (Wildman–Crippen MR) is 93.3 cm³/mol. The zero-order valence-corrected chi connectivity index (χ0v) is 14.4. The molecule has 0 radical (unpaired) electrons. The minimum absolute atomic E-state index is 0.0574. The summed E-state index contributed by atoms with van der Waals surface area (Å²) in [6, 6.07) is 7.38. The van der Waals surface area contributed by atoms with Crippen molar-refractivity contribution in [2.24, 2.45) is 0 Å². The first-order valence-corrected chi connectivity index (χ1v) is 8.68. The van der Waals surface area contributed by atoms with E-state index in [1.54, 1.807) is 6.92 Å². The maximum absolute atomic E-state index is 12.9. The molecule has 2 aliphatic heterocycles. The summed E-state index contributed by atoms with van der Waals surface area (Å²) < 4.78 is 5.09. The van der Waals surface area contributed by atoms with E-state index in [-0.39, 0.29) is 30.4 Å². The Morgan fingerprint density at radius 2 is 2.20 bits per heavy atom. The lowest BCUT2D eigenvalue weighted by Gasteiger charge is -2.43. The Morgan fingerprint density at radius 1 is 1.40 bits per heavy atom. The average molecular weight is 339 g/mol. The summed E-state index contributed by atoms with van der Waals surface area (Å²) in [5.41, 5.74) is 3.50. The number of carbonyl (C=O) groups excluding carboxylic acids is 2. The molecule has 1 amide bonds. The van der Waals surface area contributed by atoms with E-state index in [0.717, 1.165) is 35.1 Å². The Hall–Kier alpha value is -2.47. The molecule has 0 fully saturated rings. The van der Waals surface area contributed by atoms with Crippen LogP contribution in [0.15, 0.2) is 24.3 Å². The van der Waals surface area contributed by atoms with Crippen molar-refractivity contribution in [3.63, 3.8) is 0 Å². The van der Waals surface area contributed by atoms with E-state index in [4.69, 9.17) is 9.72 Å². The first-order chi connectivity index (χ1) is 12.1. The molecule has 1 aromatic carbocycles. The van der Waals surface area contributed by atoms with Gasteiger partial charge in [-0.15, -0.1) is 0 Å². The van der Waals surface area contributed by atoms with Gasteiger partial charge in [0.2, 0.25) is 0 Å². The number of aromatic nitrogens is 1. The van der Waals surface area contributed by atoms with Gasteiger partial charge in [0.15, 0.2) is 0 Å². The molecule has 2 aliphatic rings. The minimum atomic E-state index is -0.300. The molecule has 0 bridgehead atoms. The Morgan fingerprint density at radius 3 is 3.00 bits per heavy atom. The molecule has 0 saturated heterocycles. The second-order valence-corrected chi connectivity index (χ2v) is 6.63. The third kappa shape index (κ3) is 2.57. The number of likely N-dealkylation sites (N-methyl/N-ethyl adjacent to an activating group) is 1. The number of rotatable bonds is 3. The van der Waals surface area contributed by atoms with Crippen LogP contribution in [0.4, 0.5) is 0 Å². The van der Waals surface area contributed by atoms with Crippen LogP contribution in [0.1, 0.15) is 41.0 Å². The zero-order chi connectivity index (χ0) is 17.6. The lowest BCUT2D eigenvalue weighted by atomic mass is 9.82. The van der Waals surface area contributed by atoms with Crippen LogP contribution in [0.2, 0.25) is 0 Å². The van der Waals surface area contributed by atoms with Crippen LogP contribution in [0, 0.1) is 0 Å². The Labute approximate surface area is 146 Å². The summed E-state index contributed by atoms with van der Waals surface area (Å²) in [7, 11) is 2.03. The number of ether oxygens (including phenoxy) is 1. The first-order valence-electron chi connectivity index (χ1n) is 8.68. The van der Waals surface area contributed by atoms with Crippen molar-refractivity contribution in [1.29, 1.82) is 0 Å².